The number of para-hydroxylation sites is 1. The molecule has 0 aliphatic carbocycles. The van der Waals surface area contributed by atoms with Gasteiger partial charge >= 0.3 is 0 Å². The summed E-state index contributed by atoms with van der Waals surface area (Å²) < 4.78 is 19.9. The zero-order chi connectivity index (χ0) is 14.8. The first-order valence-corrected chi connectivity index (χ1v) is 7.24. The fourth-order valence-electron chi connectivity index (χ4n) is 2.47. The summed E-state index contributed by atoms with van der Waals surface area (Å²) in [6.07, 6.45) is 0. The van der Waals surface area contributed by atoms with Gasteiger partial charge < -0.3 is 9.73 Å². The van der Waals surface area contributed by atoms with Crippen molar-refractivity contribution < 1.29 is 8.81 Å². The monoisotopic (exact) mass is 303 g/mol. The van der Waals surface area contributed by atoms with Gasteiger partial charge in [0.25, 0.3) is 0 Å². The van der Waals surface area contributed by atoms with Crippen LogP contribution in [-0.2, 0) is 0 Å². The topological polar surface area (TPSA) is 25.2 Å². The van der Waals surface area contributed by atoms with Crippen molar-refractivity contribution in [1.29, 1.82) is 0 Å². The molecule has 1 N–H and O–H groups in total. The van der Waals surface area contributed by atoms with Gasteiger partial charge in [0, 0.05) is 10.9 Å². The number of hydrogen-bond donors (Lipinski definition) is 1. The molecule has 0 saturated carbocycles. The van der Waals surface area contributed by atoms with Crippen LogP contribution in [0.2, 0.25) is 5.02 Å². The second kappa shape index (κ2) is 5.88. The lowest BCUT2D eigenvalue weighted by molar-refractivity contribution is 0.463. The van der Waals surface area contributed by atoms with Gasteiger partial charge in [-0.05, 0) is 24.7 Å². The molecule has 4 heteroatoms. The Bertz CT molecular complexity index is 768. The second-order valence-electron chi connectivity index (χ2n) is 4.82. The van der Waals surface area contributed by atoms with Crippen LogP contribution in [0.3, 0.4) is 0 Å². The summed E-state index contributed by atoms with van der Waals surface area (Å²) >= 11 is 6.14. The predicted molar refractivity (Wildman–Crippen MR) is 83.1 cm³/mol. The molecule has 0 aliphatic rings. The molecule has 0 bridgehead atoms. The van der Waals surface area contributed by atoms with Gasteiger partial charge in [0.15, 0.2) is 5.58 Å². The van der Waals surface area contributed by atoms with Crippen LogP contribution >= 0.6 is 11.6 Å². The van der Waals surface area contributed by atoms with E-state index in [1.807, 2.05) is 31.2 Å². The highest BCUT2D eigenvalue weighted by atomic mass is 35.5. The van der Waals surface area contributed by atoms with Crippen molar-refractivity contribution in [3.8, 4) is 0 Å². The van der Waals surface area contributed by atoms with Gasteiger partial charge in [0.1, 0.15) is 11.6 Å². The number of fused-ring (bicyclic) bond motifs is 1. The smallest absolute Gasteiger partial charge is 0.152 e. The minimum absolute atomic E-state index is 0.255. The molecule has 0 spiro atoms. The number of rotatable bonds is 4. The van der Waals surface area contributed by atoms with Crippen LogP contribution in [0, 0.1) is 5.82 Å². The van der Waals surface area contributed by atoms with E-state index < -0.39 is 0 Å². The quantitative estimate of drug-likeness (QED) is 0.739. The normalized spacial score (nSPS) is 12.7. The van der Waals surface area contributed by atoms with Crippen LogP contribution in [0.5, 0.6) is 0 Å². The Labute approximate surface area is 127 Å². The van der Waals surface area contributed by atoms with E-state index in [4.69, 9.17) is 16.0 Å². The molecule has 1 unspecified atom stereocenters. The first-order chi connectivity index (χ1) is 10.2. The summed E-state index contributed by atoms with van der Waals surface area (Å²) in [5.74, 6) is 0.403. The van der Waals surface area contributed by atoms with Crippen LogP contribution in [0.25, 0.3) is 11.0 Å². The molecule has 1 atom stereocenters. The number of furan rings is 1. The molecule has 108 valence electrons. The summed E-state index contributed by atoms with van der Waals surface area (Å²) in [6.45, 7) is 2.67. The third kappa shape index (κ3) is 2.67. The molecule has 1 aromatic heterocycles. The van der Waals surface area contributed by atoms with Gasteiger partial charge in [-0.3, -0.25) is 0 Å². The zero-order valence-corrected chi connectivity index (χ0v) is 12.3. The van der Waals surface area contributed by atoms with Crippen molar-refractivity contribution in [3.05, 3.63) is 70.7 Å². The van der Waals surface area contributed by atoms with E-state index in [0.717, 1.165) is 5.39 Å². The van der Waals surface area contributed by atoms with E-state index in [2.05, 4.69) is 5.32 Å². The van der Waals surface area contributed by atoms with E-state index in [-0.39, 0.29) is 11.9 Å². The molecular weight excluding hydrogens is 289 g/mol. The van der Waals surface area contributed by atoms with Gasteiger partial charge in [-0.15, -0.1) is 0 Å². The molecule has 0 amide bonds. The van der Waals surface area contributed by atoms with Crippen molar-refractivity contribution >= 4 is 22.6 Å². The maximum absolute atomic E-state index is 14.1. The fourth-order valence-corrected chi connectivity index (χ4v) is 2.69. The zero-order valence-electron chi connectivity index (χ0n) is 11.6. The summed E-state index contributed by atoms with van der Waals surface area (Å²) in [7, 11) is 0. The van der Waals surface area contributed by atoms with E-state index in [1.54, 1.807) is 18.2 Å². The lowest BCUT2D eigenvalue weighted by atomic mass is 10.0. The van der Waals surface area contributed by atoms with Gasteiger partial charge in [-0.25, -0.2) is 4.39 Å². The maximum atomic E-state index is 14.1. The molecule has 3 rings (SSSR count). The molecule has 21 heavy (non-hydrogen) atoms. The standard InChI is InChI=1S/C17H15ClFNO/c1-2-20-16(12-7-3-4-9-14(12)19)15-10-11-6-5-8-13(18)17(11)21-15/h3-10,16,20H,2H2,1H3. The number of hydrogen-bond acceptors (Lipinski definition) is 2. The molecule has 0 radical (unpaired) electrons. The van der Waals surface area contributed by atoms with Crippen molar-refractivity contribution in [3.63, 3.8) is 0 Å². The Morgan fingerprint density at radius 3 is 2.71 bits per heavy atom. The highest BCUT2D eigenvalue weighted by molar-refractivity contribution is 6.34. The Balaban J connectivity index is 2.11. The number of benzene rings is 2. The van der Waals surface area contributed by atoms with Crippen molar-refractivity contribution in [2.24, 2.45) is 0 Å². The summed E-state index contributed by atoms with van der Waals surface area (Å²) in [4.78, 5) is 0. The van der Waals surface area contributed by atoms with E-state index in [1.165, 1.54) is 6.07 Å². The molecule has 2 nitrogen and oxygen atoms in total. The summed E-state index contributed by atoms with van der Waals surface area (Å²) in [6, 6.07) is 13.9. The first-order valence-electron chi connectivity index (χ1n) is 6.86. The Morgan fingerprint density at radius 2 is 2.00 bits per heavy atom. The second-order valence-corrected chi connectivity index (χ2v) is 5.23. The van der Waals surface area contributed by atoms with Gasteiger partial charge in [-0.2, -0.15) is 0 Å². The van der Waals surface area contributed by atoms with Crippen molar-refractivity contribution in [2.75, 3.05) is 6.54 Å². The minimum Gasteiger partial charge on any atom is -0.457 e. The van der Waals surface area contributed by atoms with Crippen LogP contribution in [0.1, 0.15) is 24.3 Å². The van der Waals surface area contributed by atoms with Gasteiger partial charge in [-0.1, -0.05) is 48.9 Å². The summed E-state index contributed by atoms with van der Waals surface area (Å²) in [5, 5.41) is 4.73. The Hall–Kier alpha value is -1.84. The SMILES string of the molecule is CCNC(c1cc2cccc(Cl)c2o1)c1ccccc1F. The van der Waals surface area contributed by atoms with Crippen molar-refractivity contribution in [2.45, 2.75) is 13.0 Å². The number of nitrogens with one attached hydrogen (secondary N) is 1. The molecule has 0 saturated heterocycles. The third-order valence-corrected chi connectivity index (χ3v) is 3.72. The highest BCUT2D eigenvalue weighted by Gasteiger charge is 2.21. The molecule has 2 aromatic carbocycles. The molecule has 0 aliphatic heterocycles. The maximum Gasteiger partial charge on any atom is 0.152 e. The van der Waals surface area contributed by atoms with Crippen molar-refractivity contribution in [1.82, 2.24) is 5.32 Å². The van der Waals surface area contributed by atoms with E-state index >= 15 is 0 Å². The van der Waals surface area contributed by atoms with E-state index in [0.29, 0.717) is 28.5 Å². The fraction of sp³-hybridized carbons (Fsp3) is 0.176. The van der Waals surface area contributed by atoms with Gasteiger partial charge in [0.2, 0.25) is 0 Å². The molecule has 3 aromatic rings. The van der Waals surface area contributed by atoms with E-state index in [9.17, 15) is 4.39 Å². The minimum atomic E-state index is -0.334. The third-order valence-electron chi connectivity index (χ3n) is 3.42. The average Bonchev–Trinajstić information content (AvgIpc) is 2.91. The van der Waals surface area contributed by atoms with Crippen LogP contribution in [0.4, 0.5) is 4.39 Å². The lowest BCUT2D eigenvalue weighted by Crippen LogP contribution is -2.22. The predicted octanol–water partition coefficient (Wildman–Crippen LogP) is 4.92. The molecule has 0 fully saturated rings. The van der Waals surface area contributed by atoms with Crippen LogP contribution in [0.15, 0.2) is 52.9 Å². The lowest BCUT2D eigenvalue weighted by Gasteiger charge is -2.16. The average molecular weight is 304 g/mol. The van der Waals surface area contributed by atoms with Crippen LogP contribution < -0.4 is 5.32 Å². The summed E-state index contributed by atoms with van der Waals surface area (Å²) in [5.41, 5.74) is 1.20. The van der Waals surface area contributed by atoms with Crippen LogP contribution in [-0.4, -0.2) is 6.54 Å². The van der Waals surface area contributed by atoms with Gasteiger partial charge in [0.05, 0.1) is 11.1 Å². The molecule has 1 heterocycles. The number of halogens is 2. The highest BCUT2D eigenvalue weighted by Crippen LogP contribution is 2.32. The first kappa shape index (κ1) is 14.1. The Morgan fingerprint density at radius 1 is 1.19 bits per heavy atom. The largest absolute Gasteiger partial charge is 0.457 e. The molecular formula is C17H15ClFNO. The Kier molecular flexibility index (Phi) is 3.95.